The Morgan fingerprint density at radius 3 is 2.92 bits per heavy atom. The molecule has 0 atom stereocenters. The van der Waals surface area contributed by atoms with Gasteiger partial charge < -0.3 is 5.11 Å². The number of aryl methyl sites for hydroxylation is 1. The Morgan fingerprint density at radius 2 is 2.46 bits per heavy atom. The van der Waals surface area contributed by atoms with Gasteiger partial charge in [0.05, 0.1) is 11.8 Å². The third-order valence-electron chi connectivity index (χ3n) is 1.65. The van der Waals surface area contributed by atoms with Crippen LogP contribution >= 0.6 is 0 Å². The van der Waals surface area contributed by atoms with E-state index in [2.05, 4.69) is 5.10 Å². The summed E-state index contributed by atoms with van der Waals surface area (Å²) in [7, 11) is 1.75. The molecule has 0 bridgehead atoms. The largest absolute Gasteiger partial charge is 0.507 e. The summed E-state index contributed by atoms with van der Waals surface area (Å²) in [5.41, 5.74) is 0.560. The van der Waals surface area contributed by atoms with Crippen molar-refractivity contribution < 1.29 is 9.90 Å². The highest BCUT2D eigenvalue weighted by atomic mass is 16.3. The van der Waals surface area contributed by atoms with E-state index >= 15 is 0 Å². The SMILES string of the molecule is CCC(=O)C=C(O)c1cnn(C)c1. The summed E-state index contributed by atoms with van der Waals surface area (Å²) < 4.78 is 1.57. The van der Waals surface area contributed by atoms with Crippen LogP contribution in [0.15, 0.2) is 18.5 Å². The molecule has 4 nitrogen and oxygen atoms in total. The number of allylic oxidation sites excluding steroid dienone is 1. The standard InChI is InChI=1S/C9H12N2O2/c1-3-8(12)4-9(13)7-5-10-11(2)6-7/h4-6,13H,3H2,1-2H3. The lowest BCUT2D eigenvalue weighted by molar-refractivity contribution is -0.114. The normalized spacial score (nSPS) is 11.7. The van der Waals surface area contributed by atoms with E-state index in [0.717, 1.165) is 0 Å². The van der Waals surface area contributed by atoms with Crippen molar-refractivity contribution in [1.82, 2.24) is 9.78 Å². The van der Waals surface area contributed by atoms with Crippen molar-refractivity contribution in [3.63, 3.8) is 0 Å². The van der Waals surface area contributed by atoms with Crippen LogP contribution in [-0.4, -0.2) is 20.7 Å². The number of aliphatic hydroxyl groups is 1. The van der Waals surface area contributed by atoms with E-state index in [1.807, 2.05) is 0 Å². The topological polar surface area (TPSA) is 55.1 Å². The number of hydrogen-bond donors (Lipinski definition) is 1. The summed E-state index contributed by atoms with van der Waals surface area (Å²) in [6, 6.07) is 0. The van der Waals surface area contributed by atoms with Crippen molar-refractivity contribution in [2.24, 2.45) is 7.05 Å². The second kappa shape index (κ2) is 3.89. The Kier molecular flexibility index (Phi) is 2.84. The number of rotatable bonds is 3. The number of carbonyl (C=O) groups excluding carboxylic acids is 1. The molecule has 0 unspecified atom stereocenters. The Balaban J connectivity index is 2.84. The minimum Gasteiger partial charge on any atom is -0.507 e. The fourth-order valence-corrected chi connectivity index (χ4v) is 0.891. The van der Waals surface area contributed by atoms with Gasteiger partial charge >= 0.3 is 0 Å². The molecule has 0 amide bonds. The van der Waals surface area contributed by atoms with Gasteiger partial charge in [-0.15, -0.1) is 0 Å². The molecule has 70 valence electrons. The maximum absolute atomic E-state index is 10.9. The maximum Gasteiger partial charge on any atom is 0.159 e. The number of aliphatic hydroxyl groups excluding tert-OH is 1. The van der Waals surface area contributed by atoms with E-state index in [1.54, 1.807) is 24.9 Å². The first-order chi connectivity index (χ1) is 6.13. The zero-order chi connectivity index (χ0) is 9.84. The highest BCUT2D eigenvalue weighted by molar-refractivity contribution is 5.94. The van der Waals surface area contributed by atoms with Crippen LogP contribution < -0.4 is 0 Å². The molecule has 0 saturated carbocycles. The second-order valence-corrected chi connectivity index (χ2v) is 2.75. The summed E-state index contributed by atoms with van der Waals surface area (Å²) >= 11 is 0. The zero-order valence-electron chi connectivity index (χ0n) is 7.69. The Morgan fingerprint density at radius 1 is 1.77 bits per heavy atom. The van der Waals surface area contributed by atoms with Gasteiger partial charge in [-0.25, -0.2) is 0 Å². The summed E-state index contributed by atoms with van der Waals surface area (Å²) in [5, 5.41) is 13.3. The van der Waals surface area contributed by atoms with E-state index in [1.165, 1.54) is 12.3 Å². The van der Waals surface area contributed by atoms with Crippen LogP contribution in [-0.2, 0) is 11.8 Å². The molecule has 1 rings (SSSR count). The van der Waals surface area contributed by atoms with Crippen molar-refractivity contribution in [2.45, 2.75) is 13.3 Å². The van der Waals surface area contributed by atoms with Crippen LogP contribution in [0.4, 0.5) is 0 Å². The summed E-state index contributed by atoms with van der Waals surface area (Å²) in [6.07, 6.45) is 4.77. The van der Waals surface area contributed by atoms with Gasteiger partial charge in [-0.3, -0.25) is 9.48 Å². The third kappa shape index (κ3) is 2.43. The first kappa shape index (κ1) is 9.51. The van der Waals surface area contributed by atoms with E-state index in [-0.39, 0.29) is 11.5 Å². The van der Waals surface area contributed by atoms with Crippen molar-refractivity contribution in [1.29, 1.82) is 0 Å². The van der Waals surface area contributed by atoms with Gasteiger partial charge in [0.2, 0.25) is 0 Å². The van der Waals surface area contributed by atoms with Gasteiger partial charge in [0.15, 0.2) is 5.78 Å². The lowest BCUT2D eigenvalue weighted by Crippen LogP contribution is -1.91. The molecule has 0 fully saturated rings. The van der Waals surface area contributed by atoms with Crippen molar-refractivity contribution >= 4 is 11.5 Å². The Labute approximate surface area is 76.5 Å². The van der Waals surface area contributed by atoms with Gasteiger partial charge in [-0.2, -0.15) is 5.10 Å². The first-order valence-corrected chi connectivity index (χ1v) is 4.06. The molecular formula is C9H12N2O2. The number of nitrogens with zero attached hydrogens (tertiary/aromatic N) is 2. The summed E-state index contributed by atoms with van der Waals surface area (Å²) in [6.45, 7) is 1.75. The molecule has 0 saturated heterocycles. The van der Waals surface area contributed by atoms with E-state index in [0.29, 0.717) is 12.0 Å². The van der Waals surface area contributed by atoms with Crippen LogP contribution in [0, 0.1) is 0 Å². The van der Waals surface area contributed by atoms with Gasteiger partial charge in [0.25, 0.3) is 0 Å². The highest BCUT2D eigenvalue weighted by Gasteiger charge is 2.03. The van der Waals surface area contributed by atoms with Gasteiger partial charge in [0, 0.05) is 25.7 Å². The van der Waals surface area contributed by atoms with Crippen LogP contribution in [0.2, 0.25) is 0 Å². The molecule has 0 aliphatic rings. The molecule has 1 N–H and O–H groups in total. The van der Waals surface area contributed by atoms with Gasteiger partial charge in [-0.1, -0.05) is 6.92 Å². The maximum atomic E-state index is 10.9. The minimum absolute atomic E-state index is 0.0278. The summed E-state index contributed by atoms with van der Waals surface area (Å²) in [4.78, 5) is 10.9. The molecule has 0 spiro atoms. The number of ketones is 1. The Bertz CT molecular complexity index is 339. The van der Waals surface area contributed by atoms with Crippen LogP contribution in [0.1, 0.15) is 18.9 Å². The minimum atomic E-state index is -0.0960. The molecule has 1 aromatic heterocycles. The first-order valence-electron chi connectivity index (χ1n) is 4.06. The predicted octanol–water partition coefficient (Wildman–Crippen LogP) is 1.30. The average Bonchev–Trinajstić information content (AvgIpc) is 2.51. The lowest BCUT2D eigenvalue weighted by atomic mass is 10.2. The summed E-state index contributed by atoms with van der Waals surface area (Å²) in [5.74, 6) is -0.124. The van der Waals surface area contributed by atoms with Gasteiger partial charge in [0.1, 0.15) is 5.76 Å². The molecule has 0 aliphatic carbocycles. The van der Waals surface area contributed by atoms with Crippen molar-refractivity contribution in [3.05, 3.63) is 24.0 Å². The van der Waals surface area contributed by atoms with Crippen LogP contribution in [0.3, 0.4) is 0 Å². The zero-order valence-corrected chi connectivity index (χ0v) is 7.69. The van der Waals surface area contributed by atoms with E-state index in [4.69, 9.17) is 0 Å². The number of carbonyl (C=O) groups is 1. The predicted molar refractivity (Wildman–Crippen MR) is 49.1 cm³/mol. The number of hydrogen-bond acceptors (Lipinski definition) is 3. The molecule has 0 aromatic carbocycles. The smallest absolute Gasteiger partial charge is 0.159 e. The number of aromatic nitrogens is 2. The van der Waals surface area contributed by atoms with E-state index in [9.17, 15) is 9.90 Å². The Hall–Kier alpha value is -1.58. The molecule has 1 heterocycles. The fraction of sp³-hybridized carbons (Fsp3) is 0.333. The molecule has 13 heavy (non-hydrogen) atoms. The molecule has 0 radical (unpaired) electrons. The van der Waals surface area contributed by atoms with Crippen LogP contribution in [0.25, 0.3) is 5.76 Å². The molecule has 0 aliphatic heterocycles. The average molecular weight is 180 g/mol. The van der Waals surface area contributed by atoms with E-state index < -0.39 is 0 Å². The molecule has 1 aromatic rings. The fourth-order valence-electron chi connectivity index (χ4n) is 0.891. The molecular weight excluding hydrogens is 168 g/mol. The quantitative estimate of drug-likeness (QED) is 0.563. The second-order valence-electron chi connectivity index (χ2n) is 2.75. The lowest BCUT2D eigenvalue weighted by Gasteiger charge is -1.93. The van der Waals surface area contributed by atoms with Crippen LogP contribution in [0.5, 0.6) is 0 Å². The molecule has 4 heteroatoms. The highest BCUT2D eigenvalue weighted by Crippen LogP contribution is 2.09. The van der Waals surface area contributed by atoms with Gasteiger partial charge in [-0.05, 0) is 0 Å². The monoisotopic (exact) mass is 180 g/mol. The third-order valence-corrected chi connectivity index (χ3v) is 1.65. The van der Waals surface area contributed by atoms with Crippen molar-refractivity contribution in [2.75, 3.05) is 0 Å². The van der Waals surface area contributed by atoms with Crippen molar-refractivity contribution in [3.8, 4) is 0 Å².